The number of pyridine rings is 2. The van der Waals surface area contributed by atoms with E-state index in [2.05, 4.69) is 26.3 Å². The van der Waals surface area contributed by atoms with Crippen LogP contribution in [-0.2, 0) is 27.5 Å². The van der Waals surface area contributed by atoms with E-state index < -0.39 is 26.8 Å². The summed E-state index contributed by atoms with van der Waals surface area (Å²) in [5, 5.41) is 2.97. The number of hydrogen-bond donors (Lipinski definition) is 1. The Morgan fingerprint density at radius 2 is 1.88 bits per heavy atom. The molecule has 3 aliphatic heterocycles. The van der Waals surface area contributed by atoms with Crippen LogP contribution in [-0.4, -0.2) is 55.5 Å². The van der Waals surface area contributed by atoms with Gasteiger partial charge in [-0.3, -0.25) is 4.90 Å². The average Bonchev–Trinajstić information content (AvgIpc) is 3.31. The highest BCUT2D eigenvalue weighted by atomic mass is 32.2. The molecule has 6 rings (SSSR count). The molecule has 1 atom stereocenters. The number of sulfone groups is 1. The zero-order chi connectivity index (χ0) is 29.6. The summed E-state index contributed by atoms with van der Waals surface area (Å²) in [4.78, 5) is 26.2. The lowest BCUT2D eigenvalue weighted by molar-refractivity contribution is 0.0566. The lowest BCUT2D eigenvalue weighted by atomic mass is 10.0. The highest BCUT2D eigenvalue weighted by molar-refractivity contribution is 7.91. The van der Waals surface area contributed by atoms with Gasteiger partial charge in [0.1, 0.15) is 23.7 Å². The maximum Gasteiger partial charge on any atom is 0.415 e. The molecule has 5 heterocycles. The second-order valence-electron chi connectivity index (χ2n) is 12.2. The van der Waals surface area contributed by atoms with Gasteiger partial charge >= 0.3 is 6.09 Å². The summed E-state index contributed by atoms with van der Waals surface area (Å²) in [6, 6.07) is 9.68. The number of hydrogen-bond acceptors (Lipinski definition) is 9. The van der Waals surface area contributed by atoms with Gasteiger partial charge in [-0.25, -0.2) is 23.2 Å². The van der Waals surface area contributed by atoms with E-state index in [0.29, 0.717) is 37.7 Å². The van der Waals surface area contributed by atoms with E-state index in [-0.39, 0.29) is 5.75 Å². The minimum absolute atomic E-state index is 0.268. The van der Waals surface area contributed by atoms with Crippen molar-refractivity contribution in [2.75, 3.05) is 40.6 Å². The minimum Gasteiger partial charge on any atom is -0.474 e. The zero-order valence-corrected chi connectivity index (χ0v) is 25.3. The van der Waals surface area contributed by atoms with Crippen molar-refractivity contribution in [1.82, 2.24) is 9.97 Å². The average molecular weight is 592 g/mol. The van der Waals surface area contributed by atoms with Gasteiger partial charge in [0, 0.05) is 30.5 Å². The Hall–Kier alpha value is -3.86. The van der Waals surface area contributed by atoms with Crippen molar-refractivity contribution in [3.63, 3.8) is 0 Å². The maximum absolute atomic E-state index is 13.0. The fourth-order valence-corrected chi connectivity index (χ4v) is 7.90. The van der Waals surface area contributed by atoms with Crippen molar-refractivity contribution in [2.24, 2.45) is 0 Å². The number of ether oxygens (including phenoxy) is 2. The number of carbonyl (C=O) groups is 1. The van der Waals surface area contributed by atoms with Crippen LogP contribution in [0.1, 0.15) is 61.1 Å². The summed E-state index contributed by atoms with van der Waals surface area (Å²) in [5.41, 5.74) is 5.97. The molecule has 3 aromatic rings. The summed E-state index contributed by atoms with van der Waals surface area (Å²) in [5.74, 6) is 1.43. The van der Waals surface area contributed by atoms with Crippen molar-refractivity contribution in [3.05, 3.63) is 65.0 Å². The SMILES string of the molecule is Cc1c(N2CCc3cnc(Nc4ccc(C5CCCS5(=O)=O)cc4)cc3C2)cnc2c1N(C(=O)OC(C)(C)C)CCO2. The molecule has 11 heteroatoms. The number of rotatable bonds is 4. The van der Waals surface area contributed by atoms with Crippen molar-refractivity contribution < 1.29 is 22.7 Å². The van der Waals surface area contributed by atoms with E-state index >= 15 is 0 Å². The molecule has 0 spiro atoms. The second-order valence-corrected chi connectivity index (χ2v) is 14.5. The van der Waals surface area contributed by atoms with E-state index in [4.69, 9.17) is 9.47 Å². The van der Waals surface area contributed by atoms with E-state index in [1.807, 2.05) is 64.4 Å². The molecule has 1 aromatic carbocycles. The first-order valence-corrected chi connectivity index (χ1v) is 16.1. The van der Waals surface area contributed by atoms with Crippen LogP contribution in [0, 0.1) is 6.92 Å². The first kappa shape index (κ1) is 28.3. The number of carbonyl (C=O) groups excluding carboxylic acids is 1. The van der Waals surface area contributed by atoms with Gasteiger partial charge in [0.05, 0.1) is 29.4 Å². The smallest absolute Gasteiger partial charge is 0.415 e. The van der Waals surface area contributed by atoms with E-state index in [1.54, 1.807) is 4.90 Å². The standard InChI is InChI=1S/C31H37N5O5S/c1-20-25(18-33-29-28(20)36(13-14-40-29)30(37)41-31(2,3)4)35-12-11-22-17-32-27(16-23(22)19-35)34-24-9-7-21(8-10-24)26-6-5-15-42(26,38)39/h7-10,16-18,26H,5-6,11-15,19H2,1-4H3,(H,32,34). The van der Waals surface area contributed by atoms with Crippen LogP contribution in [0.15, 0.2) is 42.7 Å². The Morgan fingerprint density at radius 3 is 2.60 bits per heavy atom. The number of aromatic nitrogens is 2. The van der Waals surface area contributed by atoms with Gasteiger partial charge in [0.2, 0.25) is 5.88 Å². The van der Waals surface area contributed by atoms with E-state index in [9.17, 15) is 13.2 Å². The van der Waals surface area contributed by atoms with Crippen LogP contribution >= 0.6 is 0 Å². The summed E-state index contributed by atoms with van der Waals surface area (Å²) >= 11 is 0. The van der Waals surface area contributed by atoms with Crippen molar-refractivity contribution in [3.8, 4) is 5.88 Å². The van der Waals surface area contributed by atoms with Gasteiger partial charge in [-0.1, -0.05) is 12.1 Å². The molecule has 2 aromatic heterocycles. The minimum atomic E-state index is -3.05. The Balaban J connectivity index is 1.20. The van der Waals surface area contributed by atoms with Gasteiger partial charge in [-0.05, 0) is 81.8 Å². The Morgan fingerprint density at radius 1 is 1.10 bits per heavy atom. The maximum atomic E-state index is 13.0. The molecule has 3 aliphatic rings. The van der Waals surface area contributed by atoms with E-state index in [0.717, 1.165) is 53.3 Å². The molecule has 0 bridgehead atoms. The molecule has 10 nitrogen and oxygen atoms in total. The molecule has 1 saturated heterocycles. The molecule has 1 unspecified atom stereocenters. The number of nitrogens with one attached hydrogen (secondary N) is 1. The lowest BCUT2D eigenvalue weighted by Gasteiger charge is -2.35. The summed E-state index contributed by atoms with van der Waals surface area (Å²) in [6.07, 6.45) is 5.58. The van der Waals surface area contributed by atoms with Gasteiger partial charge in [0.15, 0.2) is 9.84 Å². The molecular formula is C31H37N5O5S. The Bertz CT molecular complexity index is 1620. The summed E-state index contributed by atoms with van der Waals surface area (Å²) in [7, 11) is -3.05. The van der Waals surface area contributed by atoms with Crippen molar-refractivity contribution >= 4 is 38.8 Å². The van der Waals surface area contributed by atoms with Crippen molar-refractivity contribution in [2.45, 2.75) is 64.4 Å². The molecule has 42 heavy (non-hydrogen) atoms. The fourth-order valence-electron chi connectivity index (χ4n) is 5.95. The van der Waals surface area contributed by atoms with Crippen molar-refractivity contribution in [1.29, 1.82) is 0 Å². The lowest BCUT2D eigenvalue weighted by Crippen LogP contribution is -2.42. The quantitative estimate of drug-likeness (QED) is 0.422. The Kier molecular flexibility index (Phi) is 7.24. The highest BCUT2D eigenvalue weighted by Crippen LogP contribution is 2.40. The highest BCUT2D eigenvalue weighted by Gasteiger charge is 2.34. The first-order chi connectivity index (χ1) is 20.0. The number of fused-ring (bicyclic) bond motifs is 2. The molecular weight excluding hydrogens is 554 g/mol. The van der Waals surface area contributed by atoms with Crippen LogP contribution < -0.4 is 19.9 Å². The third-order valence-electron chi connectivity index (χ3n) is 8.00. The van der Waals surface area contributed by atoms with Crippen LogP contribution in [0.25, 0.3) is 0 Å². The monoisotopic (exact) mass is 591 g/mol. The van der Waals surface area contributed by atoms with Crippen LogP contribution in [0.4, 0.5) is 27.7 Å². The predicted octanol–water partition coefficient (Wildman–Crippen LogP) is 5.47. The van der Waals surface area contributed by atoms with Gasteiger partial charge in [-0.2, -0.15) is 0 Å². The molecule has 222 valence electrons. The topological polar surface area (TPSA) is 114 Å². The largest absolute Gasteiger partial charge is 0.474 e. The first-order valence-electron chi connectivity index (χ1n) is 14.4. The predicted molar refractivity (Wildman–Crippen MR) is 163 cm³/mol. The molecule has 0 saturated carbocycles. The number of benzene rings is 1. The third kappa shape index (κ3) is 5.62. The molecule has 0 aliphatic carbocycles. The normalized spacial score (nSPS) is 19.5. The van der Waals surface area contributed by atoms with Crippen LogP contribution in [0.3, 0.4) is 0 Å². The second kappa shape index (κ2) is 10.8. The zero-order valence-electron chi connectivity index (χ0n) is 24.5. The van der Waals surface area contributed by atoms with Gasteiger partial charge < -0.3 is 19.7 Å². The van der Waals surface area contributed by atoms with Gasteiger partial charge in [0.25, 0.3) is 0 Å². The molecule has 0 radical (unpaired) electrons. The number of nitrogens with zero attached hydrogens (tertiary/aromatic N) is 4. The number of amides is 1. The number of anilines is 4. The molecule has 1 amide bonds. The van der Waals surface area contributed by atoms with Gasteiger partial charge in [-0.15, -0.1) is 0 Å². The molecule has 1 N–H and O–H groups in total. The van der Waals surface area contributed by atoms with Crippen LogP contribution in [0.5, 0.6) is 5.88 Å². The van der Waals surface area contributed by atoms with Crippen LogP contribution in [0.2, 0.25) is 0 Å². The fraction of sp³-hybridized carbons (Fsp3) is 0.452. The third-order valence-corrected chi connectivity index (χ3v) is 10.2. The molecule has 1 fully saturated rings. The van der Waals surface area contributed by atoms with E-state index in [1.165, 1.54) is 5.56 Å². The summed E-state index contributed by atoms with van der Waals surface area (Å²) in [6.45, 7) is 9.78. The summed E-state index contributed by atoms with van der Waals surface area (Å²) < 4.78 is 36.1. The Labute approximate surface area is 247 Å².